The van der Waals surface area contributed by atoms with Crippen molar-refractivity contribution in [1.29, 1.82) is 0 Å². The largest absolute Gasteiger partial charge is 0.507 e. The second-order valence-electron chi connectivity index (χ2n) is 5.92. The van der Waals surface area contributed by atoms with Gasteiger partial charge in [-0.05, 0) is 48.9 Å². The van der Waals surface area contributed by atoms with E-state index in [9.17, 15) is 14.7 Å². The van der Waals surface area contributed by atoms with Crippen LogP contribution in [0.1, 0.15) is 12.5 Å². The molecule has 0 aliphatic rings. The van der Waals surface area contributed by atoms with Crippen LogP contribution in [0.15, 0.2) is 59.4 Å². The standard InChI is InChI=1S/C20H18ClN3O4/c1-2-28-20(27)22-15-5-3-4-13(10-15)12-24-19(26)9-7-17(23-24)16-11-14(21)6-8-18(16)25/h3-11,25H,2,12H2,1H3,(H,22,27). The van der Waals surface area contributed by atoms with Crippen molar-refractivity contribution in [1.82, 2.24) is 9.78 Å². The second-order valence-corrected chi connectivity index (χ2v) is 6.36. The lowest BCUT2D eigenvalue weighted by atomic mass is 10.1. The zero-order valence-electron chi connectivity index (χ0n) is 15.1. The zero-order valence-corrected chi connectivity index (χ0v) is 15.8. The number of carbonyl (C=O) groups excluding carboxylic acids is 1. The molecule has 0 aliphatic carbocycles. The van der Waals surface area contributed by atoms with Gasteiger partial charge in [0, 0.05) is 22.3 Å². The number of hydrogen-bond donors (Lipinski definition) is 2. The average Bonchev–Trinajstić information content (AvgIpc) is 2.66. The lowest BCUT2D eigenvalue weighted by molar-refractivity contribution is 0.168. The molecule has 0 bridgehead atoms. The molecule has 0 aliphatic heterocycles. The molecule has 0 spiro atoms. The van der Waals surface area contributed by atoms with E-state index in [4.69, 9.17) is 16.3 Å². The molecule has 1 amide bonds. The number of nitrogens with one attached hydrogen (secondary N) is 1. The Morgan fingerprint density at radius 3 is 2.82 bits per heavy atom. The van der Waals surface area contributed by atoms with Crippen LogP contribution in [0.25, 0.3) is 11.3 Å². The minimum atomic E-state index is -0.548. The number of rotatable bonds is 5. The molecule has 0 radical (unpaired) electrons. The minimum Gasteiger partial charge on any atom is -0.507 e. The van der Waals surface area contributed by atoms with Crippen molar-refractivity contribution < 1.29 is 14.6 Å². The molecule has 28 heavy (non-hydrogen) atoms. The molecule has 0 saturated carbocycles. The van der Waals surface area contributed by atoms with Crippen LogP contribution in [0.3, 0.4) is 0 Å². The van der Waals surface area contributed by atoms with Crippen molar-refractivity contribution in [3.8, 4) is 17.0 Å². The third-order valence-corrected chi connectivity index (χ3v) is 4.12. The quantitative estimate of drug-likeness (QED) is 0.679. The zero-order chi connectivity index (χ0) is 20.1. The summed E-state index contributed by atoms with van der Waals surface area (Å²) in [5.41, 5.74) is 1.86. The first-order valence-electron chi connectivity index (χ1n) is 8.56. The van der Waals surface area contributed by atoms with Gasteiger partial charge in [-0.1, -0.05) is 23.7 Å². The van der Waals surface area contributed by atoms with E-state index in [2.05, 4.69) is 10.4 Å². The second kappa shape index (κ2) is 8.58. The van der Waals surface area contributed by atoms with Crippen molar-refractivity contribution in [3.63, 3.8) is 0 Å². The van der Waals surface area contributed by atoms with Crippen LogP contribution in [0.2, 0.25) is 5.02 Å². The highest BCUT2D eigenvalue weighted by Crippen LogP contribution is 2.29. The highest BCUT2D eigenvalue weighted by Gasteiger charge is 2.10. The normalized spacial score (nSPS) is 10.5. The molecular weight excluding hydrogens is 382 g/mol. The molecule has 3 rings (SSSR count). The van der Waals surface area contributed by atoms with Crippen LogP contribution >= 0.6 is 11.6 Å². The van der Waals surface area contributed by atoms with Crippen molar-refractivity contribution in [3.05, 3.63) is 75.5 Å². The summed E-state index contributed by atoms with van der Waals surface area (Å²) in [6, 6.07) is 14.6. The van der Waals surface area contributed by atoms with Crippen LogP contribution in [0.5, 0.6) is 5.75 Å². The Morgan fingerprint density at radius 2 is 2.04 bits per heavy atom. The highest BCUT2D eigenvalue weighted by molar-refractivity contribution is 6.30. The summed E-state index contributed by atoms with van der Waals surface area (Å²) in [7, 11) is 0. The topological polar surface area (TPSA) is 93.4 Å². The van der Waals surface area contributed by atoms with Gasteiger partial charge >= 0.3 is 6.09 Å². The van der Waals surface area contributed by atoms with E-state index in [1.54, 1.807) is 37.3 Å². The number of anilines is 1. The molecule has 3 aromatic rings. The van der Waals surface area contributed by atoms with Crippen LogP contribution in [0.4, 0.5) is 10.5 Å². The molecule has 0 unspecified atom stereocenters. The number of ether oxygens (including phenoxy) is 1. The van der Waals surface area contributed by atoms with Gasteiger partial charge in [0.1, 0.15) is 5.75 Å². The first-order chi connectivity index (χ1) is 13.5. The number of aromatic hydroxyl groups is 1. The van der Waals surface area contributed by atoms with Crippen molar-refractivity contribution in [2.24, 2.45) is 0 Å². The lowest BCUT2D eigenvalue weighted by Gasteiger charge is -2.10. The van der Waals surface area contributed by atoms with Crippen LogP contribution in [-0.2, 0) is 11.3 Å². The number of hydrogen-bond acceptors (Lipinski definition) is 5. The monoisotopic (exact) mass is 399 g/mol. The molecule has 7 nitrogen and oxygen atoms in total. The Morgan fingerprint density at radius 1 is 1.21 bits per heavy atom. The predicted octanol–water partition coefficient (Wildman–Crippen LogP) is 3.89. The summed E-state index contributed by atoms with van der Waals surface area (Å²) >= 11 is 6.00. The molecule has 0 saturated heterocycles. The number of aromatic nitrogens is 2. The maximum absolute atomic E-state index is 12.2. The number of amides is 1. The molecule has 144 valence electrons. The van der Waals surface area contributed by atoms with Gasteiger partial charge in [0.2, 0.25) is 0 Å². The summed E-state index contributed by atoms with van der Waals surface area (Å²) in [6.45, 7) is 2.18. The highest BCUT2D eigenvalue weighted by atomic mass is 35.5. The molecule has 2 N–H and O–H groups in total. The average molecular weight is 400 g/mol. The summed E-state index contributed by atoms with van der Waals surface area (Å²) in [4.78, 5) is 23.8. The summed E-state index contributed by atoms with van der Waals surface area (Å²) in [5.74, 6) is 0.0164. The van der Waals surface area contributed by atoms with Crippen molar-refractivity contribution >= 4 is 23.4 Å². The fourth-order valence-electron chi connectivity index (χ4n) is 2.62. The summed E-state index contributed by atoms with van der Waals surface area (Å²) in [5, 5.41) is 17.5. The van der Waals surface area contributed by atoms with E-state index in [1.807, 2.05) is 6.07 Å². The Balaban J connectivity index is 1.88. The van der Waals surface area contributed by atoms with E-state index in [0.29, 0.717) is 22.0 Å². The SMILES string of the molecule is CCOC(=O)Nc1cccc(Cn2nc(-c3cc(Cl)ccc3O)ccc2=O)c1. The van der Waals surface area contributed by atoms with Crippen LogP contribution in [-0.4, -0.2) is 27.6 Å². The summed E-state index contributed by atoms with van der Waals surface area (Å²) in [6.07, 6.45) is -0.548. The first-order valence-corrected chi connectivity index (χ1v) is 8.94. The molecular formula is C20H18ClN3O4. The summed E-state index contributed by atoms with van der Waals surface area (Å²) < 4.78 is 6.13. The van der Waals surface area contributed by atoms with Crippen LogP contribution < -0.4 is 10.9 Å². The van der Waals surface area contributed by atoms with Gasteiger partial charge in [-0.3, -0.25) is 10.1 Å². The van der Waals surface area contributed by atoms with E-state index in [1.165, 1.54) is 22.9 Å². The van der Waals surface area contributed by atoms with Gasteiger partial charge in [0.15, 0.2) is 0 Å². The Bertz CT molecular complexity index is 1070. The third-order valence-electron chi connectivity index (χ3n) is 3.88. The number of benzene rings is 2. The lowest BCUT2D eigenvalue weighted by Crippen LogP contribution is -2.23. The third kappa shape index (κ3) is 4.69. The number of phenolic OH excluding ortho intramolecular Hbond substituents is 1. The first kappa shape index (κ1) is 19.4. The molecule has 1 heterocycles. The van der Waals surface area contributed by atoms with E-state index in [-0.39, 0.29) is 24.5 Å². The van der Waals surface area contributed by atoms with Gasteiger partial charge in [-0.25, -0.2) is 9.48 Å². The Labute approximate surface area is 166 Å². The fraction of sp³-hybridized carbons (Fsp3) is 0.150. The number of phenols is 1. The van der Waals surface area contributed by atoms with Crippen molar-refractivity contribution in [2.75, 3.05) is 11.9 Å². The fourth-order valence-corrected chi connectivity index (χ4v) is 2.80. The minimum absolute atomic E-state index is 0.0164. The van der Waals surface area contributed by atoms with Crippen molar-refractivity contribution in [2.45, 2.75) is 13.5 Å². The maximum Gasteiger partial charge on any atom is 0.411 e. The predicted molar refractivity (Wildman–Crippen MR) is 107 cm³/mol. The van der Waals surface area contributed by atoms with E-state index >= 15 is 0 Å². The number of nitrogens with zero attached hydrogens (tertiary/aromatic N) is 2. The maximum atomic E-state index is 12.2. The van der Waals surface area contributed by atoms with Gasteiger partial charge in [0.25, 0.3) is 5.56 Å². The van der Waals surface area contributed by atoms with E-state index in [0.717, 1.165) is 5.56 Å². The van der Waals surface area contributed by atoms with Gasteiger partial charge in [-0.2, -0.15) is 5.10 Å². The van der Waals surface area contributed by atoms with Gasteiger partial charge in [0.05, 0.1) is 18.8 Å². The molecule has 0 atom stereocenters. The number of carbonyl (C=O) groups is 1. The molecule has 0 fully saturated rings. The number of halogens is 1. The molecule has 2 aromatic carbocycles. The van der Waals surface area contributed by atoms with Gasteiger partial charge < -0.3 is 9.84 Å². The Kier molecular flexibility index (Phi) is 5.96. The molecule has 8 heteroatoms. The Hall–Kier alpha value is -3.32. The van der Waals surface area contributed by atoms with E-state index < -0.39 is 6.09 Å². The smallest absolute Gasteiger partial charge is 0.411 e. The van der Waals surface area contributed by atoms with Crippen LogP contribution in [0, 0.1) is 0 Å². The molecule has 1 aromatic heterocycles. The van der Waals surface area contributed by atoms with Gasteiger partial charge in [-0.15, -0.1) is 0 Å².